The van der Waals surface area contributed by atoms with Gasteiger partial charge in [-0.05, 0) is 32.9 Å². The van der Waals surface area contributed by atoms with Gasteiger partial charge in [-0.2, -0.15) is 0 Å². The maximum atomic E-state index is 7.47. The number of hydrogen-bond donors (Lipinski definition) is 0. The lowest BCUT2D eigenvalue weighted by Crippen LogP contribution is -2.74. The number of fused-ring (bicyclic) bond motifs is 12. The molecular formula is C60H36O2S2Si. The van der Waals surface area contributed by atoms with E-state index < -0.39 is 8.07 Å². The summed E-state index contributed by atoms with van der Waals surface area (Å²) in [5.74, 6) is 0. The molecule has 0 radical (unpaired) electrons. The molecule has 0 spiro atoms. The Kier molecular flexibility index (Phi) is 8.08. The lowest BCUT2D eigenvalue weighted by molar-refractivity contribution is 0.666. The number of thiophene rings is 2. The van der Waals surface area contributed by atoms with Crippen LogP contribution in [0.15, 0.2) is 227 Å². The van der Waals surface area contributed by atoms with Crippen molar-refractivity contribution in [1.82, 2.24) is 0 Å². The Morgan fingerprint density at radius 2 is 0.723 bits per heavy atom. The first-order valence-corrected chi connectivity index (χ1v) is 25.7. The zero-order valence-corrected chi connectivity index (χ0v) is 37.6. The Morgan fingerprint density at radius 3 is 1.40 bits per heavy atom. The van der Waals surface area contributed by atoms with Crippen LogP contribution in [-0.4, -0.2) is 8.07 Å². The zero-order valence-electron chi connectivity index (χ0n) is 34.9. The summed E-state index contributed by atoms with van der Waals surface area (Å²) >= 11 is 3.84. The van der Waals surface area contributed by atoms with E-state index in [1.165, 1.54) is 72.2 Å². The lowest BCUT2D eigenvalue weighted by Gasteiger charge is -2.34. The van der Waals surface area contributed by atoms with Gasteiger partial charge in [0.05, 0.1) is 0 Å². The summed E-state index contributed by atoms with van der Waals surface area (Å²) in [4.78, 5) is 0. The molecule has 14 rings (SSSR count). The number of para-hydroxylation sites is 4. The summed E-state index contributed by atoms with van der Waals surface area (Å²) < 4.78 is 19.4. The molecule has 0 aliphatic rings. The smallest absolute Gasteiger partial charge is 0.185 e. The van der Waals surface area contributed by atoms with Gasteiger partial charge in [-0.1, -0.05) is 206 Å². The van der Waals surface area contributed by atoms with Gasteiger partial charge in [0.15, 0.2) is 8.07 Å². The van der Waals surface area contributed by atoms with Crippen molar-refractivity contribution in [3.63, 3.8) is 0 Å². The average molecular weight is 881 g/mol. The second-order valence-corrected chi connectivity index (χ2v) is 22.8. The number of furan rings is 2. The third-order valence-electron chi connectivity index (χ3n) is 13.7. The molecule has 0 bridgehead atoms. The topological polar surface area (TPSA) is 26.3 Å². The van der Waals surface area contributed by atoms with Crippen LogP contribution in [0.5, 0.6) is 0 Å². The summed E-state index contributed by atoms with van der Waals surface area (Å²) in [5, 5.41) is 14.9. The largest absolute Gasteiger partial charge is 0.455 e. The fourth-order valence-electron chi connectivity index (χ4n) is 10.9. The van der Waals surface area contributed by atoms with Crippen molar-refractivity contribution in [1.29, 1.82) is 0 Å². The molecule has 0 aliphatic carbocycles. The molecule has 4 aromatic heterocycles. The van der Waals surface area contributed by atoms with Gasteiger partial charge in [0.2, 0.25) is 0 Å². The Bertz CT molecular complexity index is 3920. The van der Waals surface area contributed by atoms with Gasteiger partial charge in [0.1, 0.15) is 22.3 Å². The lowest BCUT2D eigenvalue weighted by atomic mass is 10.00. The van der Waals surface area contributed by atoms with Crippen molar-refractivity contribution < 1.29 is 8.83 Å². The maximum absolute atomic E-state index is 7.47. The molecule has 0 amide bonds. The Balaban J connectivity index is 1.07. The predicted molar refractivity (Wildman–Crippen MR) is 281 cm³/mol. The fourth-order valence-corrected chi connectivity index (χ4v) is 18.9. The molecule has 0 saturated carbocycles. The minimum Gasteiger partial charge on any atom is -0.455 e. The van der Waals surface area contributed by atoms with Crippen LogP contribution in [0.4, 0.5) is 0 Å². The minimum atomic E-state index is -3.18. The molecule has 2 nitrogen and oxygen atoms in total. The van der Waals surface area contributed by atoms with Crippen molar-refractivity contribution in [2.45, 2.75) is 0 Å². The molecule has 0 aliphatic heterocycles. The molecule has 304 valence electrons. The van der Waals surface area contributed by atoms with E-state index in [4.69, 9.17) is 8.83 Å². The second kappa shape index (κ2) is 14.2. The molecule has 0 fully saturated rings. The van der Waals surface area contributed by atoms with Crippen LogP contribution < -0.4 is 20.7 Å². The van der Waals surface area contributed by atoms with Gasteiger partial charge >= 0.3 is 0 Å². The normalized spacial score (nSPS) is 12.3. The van der Waals surface area contributed by atoms with E-state index in [-0.39, 0.29) is 0 Å². The van der Waals surface area contributed by atoms with E-state index in [0.29, 0.717) is 0 Å². The highest BCUT2D eigenvalue weighted by atomic mass is 32.1. The van der Waals surface area contributed by atoms with Gasteiger partial charge < -0.3 is 8.83 Å². The van der Waals surface area contributed by atoms with Crippen LogP contribution >= 0.6 is 22.7 Å². The molecule has 10 aromatic carbocycles. The SMILES string of the molecule is c1ccc([Si](c2ccccc2)(c2cccc3c2oc2c(-c4cccc5c4oc4ccccc45)cccc23)c2cccc3c2sc2c(-c4cccc5c4sc4ccccc45)cccc23)cc1. The number of rotatable bonds is 6. The van der Waals surface area contributed by atoms with E-state index in [1.807, 2.05) is 34.8 Å². The highest BCUT2D eigenvalue weighted by Gasteiger charge is 2.45. The third-order valence-corrected chi connectivity index (χ3v) is 21.2. The Labute approximate surface area is 382 Å². The van der Waals surface area contributed by atoms with Crippen LogP contribution in [0.2, 0.25) is 0 Å². The molecule has 5 heteroatoms. The summed E-state index contributed by atoms with van der Waals surface area (Å²) in [6.07, 6.45) is 0. The Hall–Kier alpha value is -7.54. The van der Waals surface area contributed by atoms with Crippen LogP contribution in [0, 0.1) is 0 Å². The first-order chi connectivity index (χ1) is 32.3. The fraction of sp³-hybridized carbons (Fsp3) is 0. The highest BCUT2D eigenvalue weighted by Crippen LogP contribution is 2.46. The average Bonchev–Trinajstić information content (AvgIpc) is 4.16. The summed E-state index contributed by atoms with van der Waals surface area (Å²) in [7, 11) is -3.18. The first kappa shape index (κ1) is 36.9. The van der Waals surface area contributed by atoms with Crippen molar-refractivity contribution in [2.24, 2.45) is 0 Å². The summed E-state index contributed by atoms with van der Waals surface area (Å²) in [5.41, 5.74) is 8.18. The standard InChI is InChI=1S/C60H36O2S2Si/c1-3-17-37(18-4-1)65(38-19-5-2-6-20-38,53-35-15-27-45-44-26-12-25-43(56(44)62-57(45)53)42-24-11-23-41-39-21-7-9-33-51(39)61-55(41)42)54-36-16-32-50-49-31-14-30-48(59(49)64-60(50)54)47-29-13-28-46-40-22-8-10-34-52(40)63-58(46)47/h1-36H. The highest BCUT2D eigenvalue weighted by molar-refractivity contribution is 7.31. The summed E-state index contributed by atoms with van der Waals surface area (Å²) in [6.45, 7) is 0. The monoisotopic (exact) mass is 880 g/mol. The van der Waals surface area contributed by atoms with Crippen LogP contribution in [0.25, 0.3) is 106 Å². The van der Waals surface area contributed by atoms with Gasteiger partial charge in [-0.15, -0.1) is 22.7 Å². The van der Waals surface area contributed by atoms with Gasteiger partial charge in [0, 0.05) is 84.1 Å². The van der Waals surface area contributed by atoms with E-state index in [0.717, 1.165) is 55.0 Å². The second-order valence-electron chi connectivity index (χ2n) is 17.0. The van der Waals surface area contributed by atoms with E-state index in [2.05, 4.69) is 206 Å². The molecule has 0 atom stereocenters. The van der Waals surface area contributed by atoms with Crippen molar-refractivity contribution in [3.8, 4) is 22.3 Å². The van der Waals surface area contributed by atoms with Crippen LogP contribution in [0.3, 0.4) is 0 Å². The number of benzene rings is 10. The van der Waals surface area contributed by atoms with Gasteiger partial charge in [-0.3, -0.25) is 0 Å². The minimum absolute atomic E-state index is 0.868. The number of hydrogen-bond acceptors (Lipinski definition) is 4. The van der Waals surface area contributed by atoms with E-state index >= 15 is 0 Å². The zero-order chi connectivity index (χ0) is 42.6. The van der Waals surface area contributed by atoms with Crippen molar-refractivity contribution in [3.05, 3.63) is 218 Å². The molecule has 14 aromatic rings. The van der Waals surface area contributed by atoms with Gasteiger partial charge in [-0.25, -0.2) is 0 Å². The first-order valence-electron chi connectivity index (χ1n) is 22.1. The molecule has 0 N–H and O–H groups in total. The third kappa shape index (κ3) is 5.26. The molecule has 0 unspecified atom stereocenters. The van der Waals surface area contributed by atoms with Crippen LogP contribution in [0.1, 0.15) is 0 Å². The van der Waals surface area contributed by atoms with Crippen molar-refractivity contribution in [2.75, 3.05) is 0 Å². The quantitative estimate of drug-likeness (QED) is 0.123. The van der Waals surface area contributed by atoms with E-state index in [1.54, 1.807) is 0 Å². The van der Waals surface area contributed by atoms with Crippen molar-refractivity contribution >= 4 is 136 Å². The molecular weight excluding hydrogens is 845 g/mol. The van der Waals surface area contributed by atoms with Gasteiger partial charge in [0.25, 0.3) is 0 Å². The molecule has 0 saturated heterocycles. The molecule has 4 heterocycles. The maximum Gasteiger partial charge on any atom is 0.185 e. The molecule has 65 heavy (non-hydrogen) atoms. The summed E-state index contributed by atoms with van der Waals surface area (Å²) in [6, 6.07) is 80.3. The van der Waals surface area contributed by atoms with Crippen LogP contribution in [-0.2, 0) is 0 Å². The predicted octanol–water partition coefficient (Wildman–Crippen LogP) is 14.9. The van der Waals surface area contributed by atoms with E-state index in [9.17, 15) is 0 Å². The Morgan fingerprint density at radius 1 is 0.277 bits per heavy atom.